The molecule has 8 nitrogen and oxygen atoms in total. The highest BCUT2D eigenvalue weighted by molar-refractivity contribution is 9.10. The van der Waals surface area contributed by atoms with Gasteiger partial charge in [-0.1, -0.05) is 25.0 Å². The van der Waals surface area contributed by atoms with Gasteiger partial charge in [-0.05, 0) is 65.2 Å². The number of nitrogens with zero attached hydrogens (tertiary/aromatic N) is 2. The van der Waals surface area contributed by atoms with Crippen LogP contribution in [0, 0.1) is 0 Å². The van der Waals surface area contributed by atoms with Crippen molar-refractivity contribution >= 4 is 44.8 Å². The Morgan fingerprint density at radius 1 is 1.06 bits per heavy atom. The number of para-hydroxylation sites is 1. The third-order valence-electron chi connectivity index (χ3n) is 5.16. The maximum absolute atomic E-state index is 12.7. The molecule has 4 N–H and O–H groups in total. The Morgan fingerprint density at radius 3 is 2.35 bits per heavy atom. The number of amides is 1. The number of aromatic nitrogens is 2. The second kappa shape index (κ2) is 10.9. The van der Waals surface area contributed by atoms with Gasteiger partial charge in [0.15, 0.2) is 0 Å². The van der Waals surface area contributed by atoms with Crippen molar-refractivity contribution in [2.75, 3.05) is 10.6 Å². The second-order valence-electron chi connectivity index (χ2n) is 7.61. The number of carbonyl (C=O) groups excluding carboxylic acids is 1. The molecule has 0 saturated heterocycles. The maximum atomic E-state index is 12.7. The second-order valence-corrected chi connectivity index (χ2v) is 8.47. The lowest BCUT2D eigenvalue weighted by Gasteiger charge is -2.28. The van der Waals surface area contributed by atoms with Crippen LogP contribution in [0.4, 0.5) is 24.7 Å². The van der Waals surface area contributed by atoms with Crippen LogP contribution in [0.25, 0.3) is 5.52 Å². The number of aliphatic hydroxyl groups excluding tert-OH is 1. The third kappa shape index (κ3) is 6.48. The summed E-state index contributed by atoms with van der Waals surface area (Å²) in [6.07, 6.45) is -1.56. The lowest BCUT2D eigenvalue weighted by molar-refractivity contribution is -0.192. The van der Waals surface area contributed by atoms with Crippen LogP contribution < -0.4 is 10.6 Å². The Labute approximate surface area is 200 Å². The summed E-state index contributed by atoms with van der Waals surface area (Å²) in [7, 11) is 0. The summed E-state index contributed by atoms with van der Waals surface area (Å²) in [6, 6.07) is 14.9. The fourth-order valence-electron chi connectivity index (χ4n) is 3.46. The van der Waals surface area contributed by atoms with Gasteiger partial charge in [-0.2, -0.15) is 13.2 Å². The fraction of sp³-hybridized carbons (Fsp3) is 0.318. The Hall–Kier alpha value is -3.12. The first-order valence-corrected chi connectivity index (χ1v) is 11.1. The average Bonchev–Trinajstić information content (AvgIpc) is 3.20. The summed E-state index contributed by atoms with van der Waals surface area (Å²) in [5.41, 5.74) is 1.99. The number of fused-ring (bicyclic) bond motifs is 1. The highest BCUT2D eigenvalue weighted by Crippen LogP contribution is 2.24. The molecular weight excluding hydrogens is 521 g/mol. The molecule has 2 atom stereocenters. The topological polar surface area (TPSA) is 116 Å². The first kappa shape index (κ1) is 25.5. The molecule has 182 valence electrons. The van der Waals surface area contributed by atoms with Gasteiger partial charge in [-0.3, -0.25) is 4.79 Å². The fourth-order valence-corrected chi connectivity index (χ4v) is 3.84. The molecule has 0 aliphatic heterocycles. The minimum atomic E-state index is -5.08. The molecule has 1 aliphatic carbocycles. The number of aliphatic carboxylic acids is 1. The molecule has 0 radical (unpaired) electrons. The first-order chi connectivity index (χ1) is 16.1. The van der Waals surface area contributed by atoms with Crippen molar-refractivity contribution in [3.8, 4) is 0 Å². The number of aliphatic hydroxyl groups is 1. The van der Waals surface area contributed by atoms with E-state index >= 15 is 0 Å². The van der Waals surface area contributed by atoms with E-state index in [1.807, 2.05) is 42.5 Å². The number of hydrogen-bond donors (Lipinski definition) is 4. The number of rotatable bonds is 4. The van der Waals surface area contributed by atoms with Crippen molar-refractivity contribution in [2.45, 2.75) is 44.0 Å². The third-order valence-corrected chi connectivity index (χ3v) is 5.86. The van der Waals surface area contributed by atoms with Gasteiger partial charge in [-0.15, -0.1) is 5.10 Å². The molecule has 0 bridgehead atoms. The highest BCUT2D eigenvalue weighted by atomic mass is 79.9. The molecule has 1 aromatic carbocycles. The minimum absolute atomic E-state index is 0.00295. The van der Waals surface area contributed by atoms with Crippen LogP contribution in [-0.2, 0) is 4.79 Å². The average molecular weight is 543 g/mol. The van der Waals surface area contributed by atoms with Crippen LogP contribution >= 0.6 is 15.9 Å². The monoisotopic (exact) mass is 542 g/mol. The van der Waals surface area contributed by atoms with Gasteiger partial charge >= 0.3 is 12.1 Å². The first-order valence-electron chi connectivity index (χ1n) is 10.4. The van der Waals surface area contributed by atoms with E-state index in [2.05, 4.69) is 31.7 Å². The van der Waals surface area contributed by atoms with E-state index in [1.165, 1.54) is 0 Å². The summed E-state index contributed by atoms with van der Waals surface area (Å²) >= 11 is 3.44. The van der Waals surface area contributed by atoms with Gasteiger partial charge in [-0.25, -0.2) is 9.31 Å². The van der Waals surface area contributed by atoms with Crippen molar-refractivity contribution < 1.29 is 33.0 Å². The smallest absolute Gasteiger partial charge is 0.475 e. The van der Waals surface area contributed by atoms with E-state index in [-0.39, 0.29) is 18.1 Å². The van der Waals surface area contributed by atoms with Crippen LogP contribution in [-0.4, -0.2) is 50.0 Å². The van der Waals surface area contributed by atoms with Gasteiger partial charge in [0.05, 0.1) is 23.3 Å². The van der Waals surface area contributed by atoms with Gasteiger partial charge in [0.25, 0.3) is 5.91 Å². The number of nitrogens with one attached hydrogen (secondary N) is 2. The molecule has 0 unspecified atom stereocenters. The largest absolute Gasteiger partial charge is 0.490 e. The number of halogens is 4. The van der Waals surface area contributed by atoms with Crippen LogP contribution in [0.5, 0.6) is 0 Å². The number of carbonyl (C=O) groups is 2. The number of alkyl halides is 3. The van der Waals surface area contributed by atoms with Crippen LogP contribution in [0.3, 0.4) is 0 Å². The van der Waals surface area contributed by atoms with E-state index in [0.29, 0.717) is 17.2 Å². The molecule has 0 spiro atoms. The van der Waals surface area contributed by atoms with Crippen LogP contribution in [0.1, 0.15) is 36.2 Å². The van der Waals surface area contributed by atoms with Gasteiger partial charge in [0.2, 0.25) is 0 Å². The number of carboxylic acid groups (broad SMARTS) is 1. The summed E-state index contributed by atoms with van der Waals surface area (Å²) in [5, 5.41) is 28.1. The zero-order chi connectivity index (χ0) is 24.9. The number of anilines is 2. The SMILES string of the molecule is O=C(Nc1ccccc1Br)c1ccc2ccc(N[C@@H]3CCCC[C@@H]3O)nn12.O=C(O)C(F)(F)F. The van der Waals surface area contributed by atoms with E-state index in [0.717, 1.165) is 35.7 Å². The Morgan fingerprint density at radius 2 is 1.71 bits per heavy atom. The van der Waals surface area contributed by atoms with E-state index in [4.69, 9.17) is 9.90 Å². The lowest BCUT2D eigenvalue weighted by atomic mass is 9.93. The Kier molecular flexibility index (Phi) is 8.15. The zero-order valence-electron chi connectivity index (χ0n) is 17.7. The van der Waals surface area contributed by atoms with E-state index in [1.54, 1.807) is 10.6 Å². The molecule has 1 fully saturated rings. The van der Waals surface area contributed by atoms with Crippen molar-refractivity contribution in [1.29, 1.82) is 0 Å². The predicted octanol–water partition coefficient (Wildman–Crippen LogP) is 4.70. The summed E-state index contributed by atoms with van der Waals surface area (Å²) in [6.45, 7) is 0. The Balaban J connectivity index is 0.000000406. The quantitative estimate of drug-likeness (QED) is 0.380. The number of hydrogen-bond acceptors (Lipinski definition) is 5. The van der Waals surface area contributed by atoms with E-state index in [9.17, 15) is 23.1 Å². The number of carboxylic acids is 1. The molecule has 2 heterocycles. The predicted molar refractivity (Wildman–Crippen MR) is 123 cm³/mol. The molecule has 12 heteroatoms. The summed E-state index contributed by atoms with van der Waals surface area (Å²) in [5.74, 6) is -2.34. The van der Waals surface area contributed by atoms with E-state index < -0.39 is 12.1 Å². The Bertz CT molecular complexity index is 1170. The van der Waals surface area contributed by atoms with Crippen molar-refractivity contribution in [1.82, 2.24) is 9.61 Å². The van der Waals surface area contributed by atoms with Crippen LogP contribution in [0.15, 0.2) is 53.0 Å². The van der Waals surface area contributed by atoms with Crippen molar-refractivity contribution in [2.24, 2.45) is 0 Å². The molecule has 3 aromatic rings. The molecule has 1 amide bonds. The normalized spacial score (nSPS) is 18.0. The van der Waals surface area contributed by atoms with Crippen molar-refractivity contribution in [3.05, 3.63) is 58.7 Å². The maximum Gasteiger partial charge on any atom is 0.490 e. The lowest BCUT2D eigenvalue weighted by Crippen LogP contribution is -2.36. The van der Waals surface area contributed by atoms with Gasteiger partial charge in [0, 0.05) is 4.47 Å². The molecule has 2 aromatic heterocycles. The molecular formula is C22H22BrF3N4O4. The molecule has 34 heavy (non-hydrogen) atoms. The van der Waals surface area contributed by atoms with Crippen molar-refractivity contribution in [3.63, 3.8) is 0 Å². The highest BCUT2D eigenvalue weighted by Gasteiger charge is 2.38. The van der Waals surface area contributed by atoms with Gasteiger partial charge in [0.1, 0.15) is 11.5 Å². The molecule has 1 saturated carbocycles. The minimum Gasteiger partial charge on any atom is -0.475 e. The molecule has 4 rings (SSSR count). The number of benzene rings is 1. The molecule has 1 aliphatic rings. The van der Waals surface area contributed by atoms with Gasteiger partial charge < -0.3 is 20.8 Å². The standard InChI is InChI=1S/C20H21BrN4O2.C2HF3O2/c21-14-5-1-2-6-15(14)23-20(27)17-11-9-13-10-12-19(24-25(13)17)22-16-7-3-4-8-18(16)26;3-2(4,5)1(6)7/h1-2,5-6,9-12,16,18,26H,3-4,7-8H2,(H,22,24)(H,23,27);(H,6,7)/t16-,18+;/m1./s1. The zero-order valence-corrected chi connectivity index (χ0v) is 19.3. The summed E-state index contributed by atoms with van der Waals surface area (Å²) in [4.78, 5) is 21.6. The summed E-state index contributed by atoms with van der Waals surface area (Å²) < 4.78 is 34.2. The van der Waals surface area contributed by atoms with Crippen LogP contribution in [0.2, 0.25) is 0 Å².